The number of fused-ring (bicyclic) bond motifs is 2. The Balaban J connectivity index is 1.35. The number of carbonyl (C=O) groups excluding carboxylic acids is 2. The largest absolute Gasteiger partial charge is 0.444 e. The maximum atomic E-state index is 15.3. The number of aromatic amines is 1. The molecular weight excluding hydrogens is 511 g/mol. The summed E-state index contributed by atoms with van der Waals surface area (Å²) < 4.78 is 20.5. The monoisotopic (exact) mass is 540 g/mol. The van der Waals surface area contributed by atoms with Crippen LogP contribution >= 0.6 is 0 Å². The average molecular weight is 541 g/mol. The molecule has 0 bridgehead atoms. The Morgan fingerprint density at radius 2 is 1.77 bits per heavy atom. The van der Waals surface area contributed by atoms with E-state index in [4.69, 9.17) is 4.74 Å². The van der Waals surface area contributed by atoms with Crippen molar-refractivity contribution in [1.29, 1.82) is 0 Å². The minimum Gasteiger partial charge on any atom is -0.444 e. The normalized spacial score (nSPS) is 11.5. The number of hydrogen-bond donors (Lipinski definition) is 3. The molecule has 0 aliphatic rings. The van der Waals surface area contributed by atoms with Crippen LogP contribution in [-0.2, 0) is 4.74 Å². The van der Waals surface area contributed by atoms with Crippen molar-refractivity contribution in [2.45, 2.75) is 32.8 Å². The number of aromatic nitrogens is 4. The zero-order valence-electron chi connectivity index (χ0n) is 22.4. The van der Waals surface area contributed by atoms with Gasteiger partial charge in [0, 0.05) is 66.0 Å². The number of halogens is 1. The summed E-state index contributed by atoms with van der Waals surface area (Å²) >= 11 is 0. The lowest BCUT2D eigenvalue weighted by Crippen LogP contribution is -2.34. The Labute approximate surface area is 230 Å². The number of pyridine rings is 3. The molecule has 9 nitrogen and oxygen atoms in total. The van der Waals surface area contributed by atoms with Crippen LogP contribution in [0.4, 0.5) is 9.18 Å². The van der Waals surface area contributed by atoms with Crippen molar-refractivity contribution in [3.8, 4) is 22.3 Å². The first kappa shape index (κ1) is 26.7. The van der Waals surface area contributed by atoms with Crippen LogP contribution in [0.3, 0.4) is 0 Å². The smallest absolute Gasteiger partial charge is 0.407 e. The zero-order chi connectivity index (χ0) is 28.3. The second-order valence-corrected chi connectivity index (χ2v) is 10.3. The molecule has 4 aromatic heterocycles. The van der Waals surface area contributed by atoms with Crippen molar-refractivity contribution < 1.29 is 18.7 Å². The van der Waals surface area contributed by atoms with E-state index in [1.54, 1.807) is 51.6 Å². The lowest BCUT2D eigenvalue weighted by molar-refractivity contribution is 0.0527. The van der Waals surface area contributed by atoms with Gasteiger partial charge in [0.2, 0.25) is 0 Å². The van der Waals surface area contributed by atoms with Gasteiger partial charge in [-0.1, -0.05) is 6.07 Å². The molecule has 0 radical (unpaired) electrons. The highest BCUT2D eigenvalue weighted by molar-refractivity contribution is 6.03. The van der Waals surface area contributed by atoms with Gasteiger partial charge in [-0.15, -0.1) is 0 Å². The van der Waals surface area contributed by atoms with Gasteiger partial charge in [-0.2, -0.15) is 0 Å². The van der Waals surface area contributed by atoms with Gasteiger partial charge in [0.1, 0.15) is 22.6 Å². The SMILES string of the molecule is CC(C)(C)OC(=O)NCCCNC(=O)c1cnc2[nH]cc(-c3cc(F)c4nccc(-c5cccnc5)c4c3)c2c1. The third kappa shape index (κ3) is 5.90. The predicted octanol–water partition coefficient (Wildman–Crippen LogP) is 5.62. The molecule has 3 N–H and O–H groups in total. The molecule has 0 aliphatic heterocycles. The molecule has 0 unspecified atom stereocenters. The number of ether oxygens (including phenoxy) is 1. The number of H-pyrrole nitrogens is 1. The number of alkyl carbamates (subject to hydrolysis) is 1. The van der Waals surface area contributed by atoms with Crippen LogP contribution in [-0.4, -0.2) is 50.6 Å². The van der Waals surface area contributed by atoms with Gasteiger partial charge in [0.15, 0.2) is 0 Å². The fraction of sp³-hybridized carbons (Fsp3) is 0.233. The maximum absolute atomic E-state index is 15.3. The molecule has 5 rings (SSSR count). The Hall–Kier alpha value is -4.86. The Morgan fingerprint density at radius 1 is 0.950 bits per heavy atom. The number of benzene rings is 1. The third-order valence-electron chi connectivity index (χ3n) is 6.18. The summed E-state index contributed by atoms with van der Waals surface area (Å²) in [7, 11) is 0. The molecular formula is C30H29FN6O3. The van der Waals surface area contributed by atoms with Gasteiger partial charge in [-0.25, -0.2) is 14.2 Å². The van der Waals surface area contributed by atoms with E-state index in [1.165, 1.54) is 12.3 Å². The predicted molar refractivity (Wildman–Crippen MR) is 151 cm³/mol. The minimum atomic E-state index is -0.571. The van der Waals surface area contributed by atoms with E-state index in [1.807, 2.05) is 24.3 Å². The van der Waals surface area contributed by atoms with Gasteiger partial charge < -0.3 is 20.4 Å². The number of nitrogens with one attached hydrogen (secondary N) is 3. The summed E-state index contributed by atoms with van der Waals surface area (Å²) in [5, 5.41) is 6.84. The molecule has 10 heteroatoms. The molecule has 0 spiro atoms. The summed E-state index contributed by atoms with van der Waals surface area (Å²) in [6, 6.07) is 10.6. The fourth-order valence-corrected chi connectivity index (χ4v) is 4.40. The highest BCUT2D eigenvalue weighted by atomic mass is 19.1. The van der Waals surface area contributed by atoms with Gasteiger partial charge in [0.05, 0.1) is 5.56 Å². The molecule has 1 aromatic carbocycles. The standard InChI is InChI=1S/C30H29FN6O3/c1-30(2,3)40-29(39)35-10-5-9-34-28(38)20-13-23-24(17-37-27(23)36-16-20)19-12-22-21(18-6-4-8-32-15-18)7-11-33-26(22)25(31)14-19/h4,6-8,11-17H,5,9-10H2,1-3H3,(H,34,38)(H,35,39)(H,36,37). The average Bonchev–Trinajstić information content (AvgIpc) is 3.35. The minimum absolute atomic E-state index is 0.268. The van der Waals surface area contributed by atoms with E-state index >= 15 is 4.39 Å². The second-order valence-electron chi connectivity index (χ2n) is 10.3. The zero-order valence-corrected chi connectivity index (χ0v) is 22.4. The van der Waals surface area contributed by atoms with Crippen molar-refractivity contribution >= 4 is 33.9 Å². The number of hydrogen-bond acceptors (Lipinski definition) is 6. The Kier molecular flexibility index (Phi) is 7.41. The van der Waals surface area contributed by atoms with Crippen molar-refractivity contribution in [2.75, 3.05) is 13.1 Å². The highest BCUT2D eigenvalue weighted by Gasteiger charge is 2.17. The van der Waals surface area contributed by atoms with E-state index in [-0.39, 0.29) is 11.4 Å². The quantitative estimate of drug-likeness (QED) is 0.230. The van der Waals surface area contributed by atoms with E-state index in [0.29, 0.717) is 52.6 Å². The summed E-state index contributed by atoms with van der Waals surface area (Å²) in [6.45, 7) is 6.09. The van der Waals surface area contributed by atoms with Crippen molar-refractivity contribution in [3.05, 3.63) is 78.8 Å². The van der Waals surface area contributed by atoms with E-state index < -0.39 is 17.5 Å². The molecule has 5 aromatic rings. The maximum Gasteiger partial charge on any atom is 0.407 e. The lowest BCUT2D eigenvalue weighted by Gasteiger charge is -2.19. The number of rotatable bonds is 7. The van der Waals surface area contributed by atoms with E-state index in [0.717, 1.165) is 11.1 Å². The molecule has 2 amide bonds. The lowest BCUT2D eigenvalue weighted by atomic mass is 9.97. The van der Waals surface area contributed by atoms with Crippen LogP contribution in [0.5, 0.6) is 0 Å². The summed E-state index contributed by atoms with van der Waals surface area (Å²) in [6.07, 6.45) is 8.27. The van der Waals surface area contributed by atoms with E-state index in [9.17, 15) is 9.59 Å². The fourth-order valence-electron chi connectivity index (χ4n) is 4.40. The molecule has 0 fully saturated rings. The number of carbonyl (C=O) groups is 2. The first-order valence-corrected chi connectivity index (χ1v) is 12.9. The number of amides is 2. The van der Waals surface area contributed by atoms with Crippen LogP contribution < -0.4 is 10.6 Å². The summed E-state index contributed by atoms with van der Waals surface area (Å²) in [4.78, 5) is 40.5. The third-order valence-corrected chi connectivity index (χ3v) is 6.18. The summed E-state index contributed by atoms with van der Waals surface area (Å²) in [5.74, 6) is -0.749. The molecule has 0 atom stereocenters. The van der Waals surface area contributed by atoms with Crippen LogP contribution in [0, 0.1) is 5.82 Å². The van der Waals surface area contributed by atoms with Gasteiger partial charge in [-0.3, -0.25) is 14.8 Å². The van der Waals surface area contributed by atoms with Crippen molar-refractivity contribution in [1.82, 2.24) is 30.6 Å². The van der Waals surface area contributed by atoms with Gasteiger partial charge in [0.25, 0.3) is 5.91 Å². The molecule has 4 heterocycles. The van der Waals surface area contributed by atoms with Crippen molar-refractivity contribution in [2.24, 2.45) is 0 Å². The van der Waals surface area contributed by atoms with Crippen molar-refractivity contribution in [3.63, 3.8) is 0 Å². The molecule has 0 saturated carbocycles. The van der Waals surface area contributed by atoms with Crippen LogP contribution in [0.2, 0.25) is 0 Å². The molecule has 0 aliphatic carbocycles. The van der Waals surface area contributed by atoms with Crippen LogP contribution in [0.25, 0.3) is 44.2 Å². The van der Waals surface area contributed by atoms with Gasteiger partial charge in [-0.05, 0) is 68.7 Å². The van der Waals surface area contributed by atoms with Crippen LogP contribution in [0.15, 0.2) is 67.4 Å². The number of nitrogens with zero attached hydrogens (tertiary/aromatic N) is 3. The Morgan fingerprint density at radius 3 is 2.55 bits per heavy atom. The molecule has 204 valence electrons. The topological polar surface area (TPSA) is 122 Å². The van der Waals surface area contributed by atoms with Crippen LogP contribution in [0.1, 0.15) is 37.6 Å². The Bertz CT molecular complexity index is 1700. The van der Waals surface area contributed by atoms with Gasteiger partial charge >= 0.3 is 6.09 Å². The first-order chi connectivity index (χ1) is 19.2. The van der Waals surface area contributed by atoms with E-state index in [2.05, 4.69) is 30.6 Å². The first-order valence-electron chi connectivity index (χ1n) is 12.9. The second kappa shape index (κ2) is 11.1. The molecule has 40 heavy (non-hydrogen) atoms. The summed E-state index contributed by atoms with van der Waals surface area (Å²) in [5.41, 5.74) is 3.65. The highest BCUT2D eigenvalue weighted by Crippen LogP contribution is 2.35. The molecule has 0 saturated heterocycles.